The number of unbranched alkanes of at least 4 members (excludes halogenated alkanes) is 1. The van der Waals surface area contributed by atoms with Crippen LogP contribution >= 0.6 is 0 Å². The van der Waals surface area contributed by atoms with Gasteiger partial charge in [-0.15, -0.1) is 0 Å². The fourth-order valence-electron chi connectivity index (χ4n) is 5.67. The van der Waals surface area contributed by atoms with Crippen molar-refractivity contribution in [1.82, 2.24) is 14.5 Å². The van der Waals surface area contributed by atoms with E-state index in [9.17, 15) is 0 Å². The smallest absolute Gasteiger partial charge is 0.231 e. The molecule has 43 heavy (non-hydrogen) atoms. The van der Waals surface area contributed by atoms with Crippen molar-refractivity contribution < 1.29 is 14.2 Å². The van der Waals surface area contributed by atoms with E-state index in [4.69, 9.17) is 19.2 Å². The van der Waals surface area contributed by atoms with E-state index >= 15 is 0 Å². The maximum atomic E-state index is 5.84. The van der Waals surface area contributed by atoms with Crippen molar-refractivity contribution in [2.24, 2.45) is 0 Å². The van der Waals surface area contributed by atoms with Crippen molar-refractivity contribution >= 4 is 0 Å². The minimum Gasteiger partial charge on any atom is -0.494 e. The third-order valence-electron chi connectivity index (χ3n) is 7.72. The molecule has 0 saturated heterocycles. The van der Waals surface area contributed by atoms with Crippen LogP contribution in [0.4, 0.5) is 0 Å². The van der Waals surface area contributed by atoms with Crippen molar-refractivity contribution in [3.63, 3.8) is 0 Å². The van der Waals surface area contributed by atoms with Crippen molar-refractivity contribution in [1.29, 1.82) is 0 Å². The minimum absolute atomic E-state index is 0.270. The summed E-state index contributed by atoms with van der Waals surface area (Å²) in [5.74, 6) is 3.52. The first-order valence-electron chi connectivity index (χ1n) is 15.2. The van der Waals surface area contributed by atoms with Crippen LogP contribution < -0.4 is 14.2 Å². The molecule has 0 unspecified atom stereocenters. The van der Waals surface area contributed by atoms with Gasteiger partial charge in [0.25, 0.3) is 0 Å². The Hall–Kier alpha value is -4.55. The highest BCUT2D eigenvalue weighted by atomic mass is 16.7. The summed E-state index contributed by atoms with van der Waals surface area (Å²) in [5.41, 5.74) is 6.90. The van der Waals surface area contributed by atoms with Crippen LogP contribution in [0.5, 0.6) is 17.2 Å². The van der Waals surface area contributed by atoms with E-state index < -0.39 is 0 Å². The molecular formula is C37H39N3O3. The maximum Gasteiger partial charge on any atom is 0.231 e. The van der Waals surface area contributed by atoms with Crippen molar-refractivity contribution in [3.05, 3.63) is 120 Å². The van der Waals surface area contributed by atoms with Gasteiger partial charge in [-0.1, -0.05) is 92.2 Å². The molecule has 6 nitrogen and oxygen atoms in total. The van der Waals surface area contributed by atoms with Gasteiger partial charge in [-0.2, -0.15) is 0 Å². The Morgan fingerprint density at radius 2 is 1.47 bits per heavy atom. The first-order valence-corrected chi connectivity index (χ1v) is 15.2. The van der Waals surface area contributed by atoms with E-state index in [2.05, 4.69) is 107 Å². The molecule has 0 N–H and O–H groups in total. The van der Waals surface area contributed by atoms with Crippen LogP contribution in [0.25, 0.3) is 22.6 Å². The molecule has 0 fully saturated rings. The van der Waals surface area contributed by atoms with Crippen LogP contribution in [0.15, 0.2) is 103 Å². The second-order valence-electron chi connectivity index (χ2n) is 10.9. The lowest BCUT2D eigenvalue weighted by Gasteiger charge is -2.25. The molecule has 0 radical (unpaired) electrons. The lowest BCUT2D eigenvalue weighted by molar-refractivity contribution is 0.174. The number of aromatic nitrogens is 2. The topological polar surface area (TPSA) is 48.8 Å². The molecular weight excluding hydrogens is 534 g/mol. The predicted octanol–water partition coefficient (Wildman–Crippen LogP) is 8.35. The Labute approximate surface area is 254 Å². The van der Waals surface area contributed by atoms with Crippen LogP contribution in [0.2, 0.25) is 0 Å². The number of hydrogen-bond donors (Lipinski definition) is 0. The van der Waals surface area contributed by atoms with E-state index in [1.807, 2.05) is 19.1 Å². The summed E-state index contributed by atoms with van der Waals surface area (Å²) in [6.45, 7) is 8.30. The van der Waals surface area contributed by atoms with Crippen LogP contribution in [0.1, 0.15) is 43.5 Å². The maximum absolute atomic E-state index is 5.84. The zero-order valence-electron chi connectivity index (χ0n) is 25.0. The van der Waals surface area contributed by atoms with Gasteiger partial charge in [0.05, 0.1) is 18.0 Å². The molecule has 0 atom stereocenters. The molecule has 0 amide bonds. The number of benzene rings is 4. The highest BCUT2D eigenvalue weighted by molar-refractivity contribution is 5.68. The van der Waals surface area contributed by atoms with E-state index in [-0.39, 0.29) is 6.79 Å². The Kier molecular flexibility index (Phi) is 9.04. The lowest BCUT2D eigenvalue weighted by atomic mass is 10.1. The summed E-state index contributed by atoms with van der Waals surface area (Å²) in [5, 5.41) is 0. The standard InChI is InChI=1S/C37H39N3O3/c1-3-5-21-40-33(36(30-14-8-6-9-15-30)38-37(40)31-16-10-7-11-17-31)26-39(24-28-13-12-18-32(22-28)41-4-2)25-29-19-20-34-35(23-29)43-27-42-34/h6-20,22-23H,3-5,21,24-27H2,1-2H3. The van der Waals surface area contributed by atoms with Gasteiger partial charge in [-0.05, 0) is 48.7 Å². The summed E-state index contributed by atoms with van der Waals surface area (Å²) < 4.78 is 19.6. The second kappa shape index (κ2) is 13.6. The molecule has 0 bridgehead atoms. The highest BCUT2D eigenvalue weighted by Crippen LogP contribution is 2.35. The normalized spacial score (nSPS) is 12.2. The van der Waals surface area contributed by atoms with E-state index in [0.717, 1.165) is 78.9 Å². The van der Waals surface area contributed by atoms with Gasteiger partial charge in [0, 0.05) is 37.3 Å². The fourth-order valence-corrected chi connectivity index (χ4v) is 5.67. The number of nitrogens with zero attached hydrogens (tertiary/aromatic N) is 3. The Morgan fingerprint density at radius 1 is 0.744 bits per heavy atom. The number of ether oxygens (including phenoxy) is 3. The number of rotatable bonds is 13. The first-order chi connectivity index (χ1) is 21.2. The summed E-state index contributed by atoms with van der Waals surface area (Å²) in [4.78, 5) is 7.83. The molecule has 0 saturated carbocycles. The number of hydrogen-bond acceptors (Lipinski definition) is 5. The van der Waals surface area contributed by atoms with Gasteiger partial charge in [-0.25, -0.2) is 4.98 Å². The highest BCUT2D eigenvalue weighted by Gasteiger charge is 2.23. The summed E-state index contributed by atoms with van der Waals surface area (Å²) in [6.07, 6.45) is 2.19. The van der Waals surface area contributed by atoms with Gasteiger partial charge >= 0.3 is 0 Å². The van der Waals surface area contributed by atoms with Gasteiger partial charge in [0.15, 0.2) is 11.5 Å². The lowest BCUT2D eigenvalue weighted by Crippen LogP contribution is -2.24. The molecule has 0 aliphatic carbocycles. The predicted molar refractivity (Wildman–Crippen MR) is 171 cm³/mol. The van der Waals surface area contributed by atoms with Gasteiger partial charge in [0.1, 0.15) is 11.6 Å². The molecule has 2 heterocycles. The monoisotopic (exact) mass is 573 g/mol. The molecule has 0 spiro atoms. The van der Waals surface area contributed by atoms with Crippen molar-refractivity contribution in [2.45, 2.75) is 52.9 Å². The van der Waals surface area contributed by atoms with Gasteiger partial charge in [0.2, 0.25) is 6.79 Å². The second-order valence-corrected chi connectivity index (χ2v) is 10.9. The van der Waals surface area contributed by atoms with E-state index in [0.29, 0.717) is 6.61 Å². The van der Waals surface area contributed by atoms with Crippen molar-refractivity contribution in [2.75, 3.05) is 13.4 Å². The van der Waals surface area contributed by atoms with Crippen LogP contribution in [0.3, 0.4) is 0 Å². The third-order valence-corrected chi connectivity index (χ3v) is 7.72. The van der Waals surface area contributed by atoms with Crippen LogP contribution in [-0.2, 0) is 26.2 Å². The van der Waals surface area contributed by atoms with Crippen LogP contribution in [-0.4, -0.2) is 27.9 Å². The molecule has 1 aliphatic heterocycles. The van der Waals surface area contributed by atoms with Crippen LogP contribution in [0, 0.1) is 0 Å². The molecule has 4 aromatic carbocycles. The summed E-state index contributed by atoms with van der Waals surface area (Å²) in [6, 6.07) is 35.8. The molecule has 6 rings (SSSR count). The Balaban J connectivity index is 1.43. The number of fused-ring (bicyclic) bond motifs is 1. The number of imidazole rings is 1. The quantitative estimate of drug-likeness (QED) is 0.142. The molecule has 5 aromatic rings. The zero-order valence-corrected chi connectivity index (χ0v) is 25.0. The SMILES string of the molecule is CCCCn1c(-c2ccccc2)nc(-c2ccccc2)c1CN(Cc1cccc(OCC)c1)Cc1ccc2c(c1)OCO2. The van der Waals surface area contributed by atoms with E-state index in [1.165, 1.54) is 16.8 Å². The third kappa shape index (κ3) is 6.76. The largest absolute Gasteiger partial charge is 0.494 e. The minimum atomic E-state index is 0.270. The molecule has 1 aliphatic rings. The van der Waals surface area contributed by atoms with Gasteiger partial charge in [-0.3, -0.25) is 4.90 Å². The molecule has 220 valence electrons. The molecule has 6 heteroatoms. The first kappa shape index (κ1) is 28.6. The van der Waals surface area contributed by atoms with Gasteiger partial charge < -0.3 is 18.8 Å². The van der Waals surface area contributed by atoms with Crippen molar-refractivity contribution in [3.8, 4) is 39.9 Å². The Morgan fingerprint density at radius 3 is 2.21 bits per heavy atom. The average molecular weight is 574 g/mol. The summed E-state index contributed by atoms with van der Waals surface area (Å²) in [7, 11) is 0. The van der Waals surface area contributed by atoms with E-state index in [1.54, 1.807) is 0 Å². The zero-order chi connectivity index (χ0) is 29.4. The fraction of sp³-hybridized carbons (Fsp3) is 0.270. The summed E-state index contributed by atoms with van der Waals surface area (Å²) >= 11 is 0. The average Bonchev–Trinajstić information content (AvgIpc) is 3.65. The molecule has 1 aromatic heterocycles. The Bertz CT molecular complexity index is 1630.